The van der Waals surface area contributed by atoms with Gasteiger partial charge in [-0.1, -0.05) is 24.3 Å². The molecule has 0 spiro atoms. The van der Waals surface area contributed by atoms with Gasteiger partial charge in [0, 0.05) is 11.1 Å². The van der Waals surface area contributed by atoms with Gasteiger partial charge in [0.05, 0.1) is 24.4 Å². The molecular weight excluding hydrogens is 336 g/mol. The van der Waals surface area contributed by atoms with Crippen LogP contribution in [0.25, 0.3) is 0 Å². The summed E-state index contributed by atoms with van der Waals surface area (Å²) in [4.78, 5) is 23.8. The summed E-state index contributed by atoms with van der Waals surface area (Å²) in [5.41, 5.74) is 1.91. The summed E-state index contributed by atoms with van der Waals surface area (Å²) in [6.07, 6.45) is 4.14. The number of rotatable bonds is 6. The summed E-state index contributed by atoms with van der Waals surface area (Å²) >= 11 is 0. The van der Waals surface area contributed by atoms with Crippen molar-refractivity contribution in [2.24, 2.45) is 11.8 Å². The number of hydrogen-bond acceptors (Lipinski definition) is 4. The number of carboxylic acid groups (broad SMARTS) is 2. The topological polar surface area (TPSA) is 99.7 Å². The minimum Gasteiger partial charge on any atom is -0.478 e. The van der Waals surface area contributed by atoms with Gasteiger partial charge < -0.3 is 19.7 Å². The van der Waals surface area contributed by atoms with Crippen molar-refractivity contribution in [2.45, 2.75) is 62.9 Å². The maximum Gasteiger partial charge on any atom is 0.332 e. The van der Waals surface area contributed by atoms with E-state index in [0.29, 0.717) is 0 Å². The molecule has 4 aliphatic rings. The van der Waals surface area contributed by atoms with Gasteiger partial charge in [0.15, 0.2) is 0 Å². The van der Waals surface area contributed by atoms with E-state index in [9.17, 15) is 19.8 Å². The van der Waals surface area contributed by atoms with Crippen LogP contribution in [0.15, 0.2) is 35.5 Å². The van der Waals surface area contributed by atoms with Crippen molar-refractivity contribution in [3.8, 4) is 0 Å². The molecule has 26 heavy (non-hydrogen) atoms. The first-order valence-electron chi connectivity index (χ1n) is 9.18. The minimum absolute atomic E-state index is 0.00520. The molecule has 2 saturated carbocycles. The van der Waals surface area contributed by atoms with Gasteiger partial charge in [-0.25, -0.2) is 9.59 Å². The third-order valence-corrected chi connectivity index (χ3v) is 6.27. The van der Waals surface area contributed by atoms with Crippen molar-refractivity contribution < 1.29 is 29.3 Å². The second kappa shape index (κ2) is 6.35. The number of epoxide rings is 2. The molecule has 0 aromatic heterocycles. The molecule has 4 rings (SSSR count). The number of carboxylic acids is 2. The average molecular weight is 360 g/mol. The first kappa shape index (κ1) is 17.5. The maximum absolute atomic E-state index is 11.9. The number of ether oxygens (including phenoxy) is 2. The molecule has 6 atom stereocenters. The summed E-state index contributed by atoms with van der Waals surface area (Å²) in [7, 11) is 0. The van der Waals surface area contributed by atoms with Crippen molar-refractivity contribution in [1.29, 1.82) is 0 Å². The third kappa shape index (κ3) is 3.35. The Morgan fingerprint density at radius 3 is 1.54 bits per heavy atom. The molecule has 2 aliphatic carbocycles. The van der Waals surface area contributed by atoms with Crippen LogP contribution in [-0.4, -0.2) is 46.6 Å². The maximum atomic E-state index is 11.9. The van der Waals surface area contributed by atoms with E-state index in [1.54, 1.807) is 0 Å². The monoisotopic (exact) mass is 360 g/mol. The predicted molar refractivity (Wildman–Crippen MR) is 92.6 cm³/mol. The molecule has 0 bridgehead atoms. The molecule has 140 valence electrons. The van der Waals surface area contributed by atoms with Crippen LogP contribution in [0.1, 0.15) is 38.5 Å². The van der Waals surface area contributed by atoms with Crippen LogP contribution in [0.2, 0.25) is 0 Å². The van der Waals surface area contributed by atoms with Gasteiger partial charge >= 0.3 is 11.9 Å². The zero-order chi connectivity index (χ0) is 18.6. The lowest BCUT2D eigenvalue weighted by molar-refractivity contribution is -0.136. The molecule has 0 aromatic rings. The van der Waals surface area contributed by atoms with Crippen LogP contribution < -0.4 is 0 Å². The van der Waals surface area contributed by atoms with E-state index in [2.05, 4.69) is 13.2 Å². The summed E-state index contributed by atoms with van der Waals surface area (Å²) in [6.45, 7) is 8.12. The fourth-order valence-electron chi connectivity index (χ4n) is 4.50. The fraction of sp³-hybridized carbons (Fsp3) is 0.600. The molecule has 6 heteroatoms. The first-order chi connectivity index (χ1) is 12.3. The highest BCUT2D eigenvalue weighted by Gasteiger charge is 2.47. The van der Waals surface area contributed by atoms with Gasteiger partial charge in [-0.3, -0.25) is 0 Å². The standard InChI is InChI=1S/C20H24O6/c1-9-3-15-17(25-15)7-11(9)5-13(19(21)22)14(20(23)24)6-12-8-18-16(26-18)4-10(12)2/h11-12,15-18H,1-8H2,(H,21,22)(H,23,24). The highest BCUT2D eigenvalue weighted by Crippen LogP contribution is 2.46. The largest absolute Gasteiger partial charge is 0.478 e. The van der Waals surface area contributed by atoms with E-state index in [1.165, 1.54) is 0 Å². The van der Waals surface area contributed by atoms with Crippen LogP contribution >= 0.6 is 0 Å². The summed E-state index contributed by atoms with van der Waals surface area (Å²) in [6, 6.07) is 0. The van der Waals surface area contributed by atoms with Gasteiger partial charge in [0.2, 0.25) is 0 Å². The van der Waals surface area contributed by atoms with E-state index in [-0.39, 0.29) is 60.2 Å². The van der Waals surface area contributed by atoms with Gasteiger partial charge in [-0.2, -0.15) is 0 Å². The molecule has 6 unspecified atom stereocenters. The highest BCUT2D eigenvalue weighted by atomic mass is 16.6. The molecule has 4 fully saturated rings. The normalized spacial score (nSPS) is 38.8. The smallest absolute Gasteiger partial charge is 0.332 e. The highest BCUT2D eigenvalue weighted by molar-refractivity contribution is 5.98. The van der Waals surface area contributed by atoms with Gasteiger partial charge in [0.25, 0.3) is 0 Å². The number of aliphatic carboxylic acids is 2. The Bertz CT molecular complexity index is 660. The Morgan fingerprint density at radius 1 is 0.808 bits per heavy atom. The lowest BCUT2D eigenvalue weighted by Gasteiger charge is -2.25. The van der Waals surface area contributed by atoms with Crippen LogP contribution in [0, 0.1) is 11.8 Å². The molecule has 2 saturated heterocycles. The second-order valence-corrected chi connectivity index (χ2v) is 7.99. The third-order valence-electron chi connectivity index (χ3n) is 6.27. The van der Waals surface area contributed by atoms with Crippen LogP contribution in [-0.2, 0) is 19.1 Å². The molecule has 0 amide bonds. The van der Waals surface area contributed by atoms with E-state index in [1.807, 2.05) is 0 Å². The van der Waals surface area contributed by atoms with Crippen LogP contribution in [0.5, 0.6) is 0 Å². The quantitative estimate of drug-likeness (QED) is 0.429. The van der Waals surface area contributed by atoms with Crippen molar-refractivity contribution in [3.05, 3.63) is 35.5 Å². The zero-order valence-electron chi connectivity index (χ0n) is 14.6. The molecular formula is C20H24O6. The zero-order valence-corrected chi connectivity index (χ0v) is 14.6. The summed E-state index contributed by atoms with van der Waals surface area (Å²) in [5.74, 6) is -2.39. The molecule has 0 radical (unpaired) electrons. The van der Waals surface area contributed by atoms with E-state index >= 15 is 0 Å². The summed E-state index contributed by atoms with van der Waals surface area (Å²) in [5, 5.41) is 19.4. The van der Waals surface area contributed by atoms with Gasteiger partial charge in [-0.05, 0) is 50.4 Å². The lowest BCUT2D eigenvalue weighted by atomic mass is 9.77. The van der Waals surface area contributed by atoms with Crippen molar-refractivity contribution in [3.63, 3.8) is 0 Å². The van der Waals surface area contributed by atoms with Crippen LogP contribution in [0.3, 0.4) is 0 Å². The Labute approximate surface area is 152 Å². The SMILES string of the molecule is C=C1CC2OC2CC1CC(C(=O)O)=C(CC1CC2OC2CC1=C)C(=O)O. The van der Waals surface area contributed by atoms with Crippen LogP contribution in [0.4, 0.5) is 0 Å². The Morgan fingerprint density at radius 2 is 1.19 bits per heavy atom. The second-order valence-electron chi connectivity index (χ2n) is 7.99. The molecule has 2 aliphatic heterocycles. The minimum atomic E-state index is -1.16. The predicted octanol–water partition coefficient (Wildman–Crippen LogP) is 2.70. The fourth-order valence-corrected chi connectivity index (χ4v) is 4.50. The van der Waals surface area contributed by atoms with Crippen molar-refractivity contribution >= 4 is 11.9 Å². The Kier molecular flexibility index (Phi) is 4.28. The van der Waals surface area contributed by atoms with E-state index < -0.39 is 11.9 Å². The van der Waals surface area contributed by atoms with Crippen molar-refractivity contribution in [2.75, 3.05) is 0 Å². The molecule has 2 heterocycles. The molecule has 0 aromatic carbocycles. The summed E-state index contributed by atoms with van der Waals surface area (Å²) < 4.78 is 11.0. The number of hydrogen-bond donors (Lipinski definition) is 2. The average Bonchev–Trinajstić information content (AvgIpc) is 3.45. The molecule has 2 N–H and O–H groups in total. The number of fused-ring (bicyclic) bond motifs is 2. The Balaban J connectivity index is 1.55. The van der Waals surface area contributed by atoms with Gasteiger partial charge in [0.1, 0.15) is 0 Å². The van der Waals surface area contributed by atoms with E-state index in [0.717, 1.165) is 36.8 Å². The first-order valence-corrected chi connectivity index (χ1v) is 9.18. The van der Waals surface area contributed by atoms with Crippen molar-refractivity contribution in [1.82, 2.24) is 0 Å². The van der Waals surface area contributed by atoms with E-state index in [4.69, 9.17) is 9.47 Å². The number of carbonyl (C=O) groups is 2. The molecule has 6 nitrogen and oxygen atoms in total. The lowest BCUT2D eigenvalue weighted by Crippen LogP contribution is -2.23. The van der Waals surface area contributed by atoms with Gasteiger partial charge in [-0.15, -0.1) is 0 Å². The Hall–Kier alpha value is -1.92.